The maximum atomic E-state index is 12.8. The molecule has 0 saturated carbocycles. The van der Waals surface area contributed by atoms with Gasteiger partial charge in [-0.15, -0.1) is 0 Å². The summed E-state index contributed by atoms with van der Waals surface area (Å²) in [5, 5.41) is 7.41. The van der Waals surface area contributed by atoms with E-state index in [2.05, 4.69) is 28.6 Å². The van der Waals surface area contributed by atoms with E-state index in [1.165, 1.54) is 0 Å². The molecule has 1 aliphatic heterocycles. The van der Waals surface area contributed by atoms with Gasteiger partial charge in [-0.1, -0.05) is 18.2 Å². The molecule has 1 aromatic heterocycles. The summed E-state index contributed by atoms with van der Waals surface area (Å²) in [5.41, 5.74) is 5.25. The first-order valence-corrected chi connectivity index (χ1v) is 8.87. The molecule has 27 heavy (non-hydrogen) atoms. The Morgan fingerprint density at radius 3 is 2.78 bits per heavy atom. The summed E-state index contributed by atoms with van der Waals surface area (Å²) < 4.78 is 13.0. The molecular formula is C21H21N3O3. The number of ether oxygens (including phenoxy) is 2. The second-order valence-electron chi connectivity index (χ2n) is 6.63. The van der Waals surface area contributed by atoms with Crippen molar-refractivity contribution in [1.82, 2.24) is 9.78 Å². The maximum Gasteiger partial charge on any atom is 0.259 e. The summed E-state index contributed by atoms with van der Waals surface area (Å²) >= 11 is 0. The number of hydrogen-bond donors (Lipinski definition) is 1. The summed E-state index contributed by atoms with van der Waals surface area (Å²) in [5.74, 6) is 0.832. The van der Waals surface area contributed by atoms with Crippen LogP contribution in [0.1, 0.15) is 27.2 Å². The van der Waals surface area contributed by atoms with Gasteiger partial charge in [-0.25, -0.2) is 4.68 Å². The maximum absolute atomic E-state index is 12.8. The number of carbonyl (C=O) groups excluding carboxylic acids is 1. The molecule has 0 bridgehead atoms. The van der Waals surface area contributed by atoms with Gasteiger partial charge in [-0.2, -0.15) is 5.10 Å². The van der Waals surface area contributed by atoms with Crippen molar-refractivity contribution in [1.29, 1.82) is 0 Å². The minimum atomic E-state index is -0.249. The van der Waals surface area contributed by atoms with Crippen LogP contribution in [-0.2, 0) is 0 Å². The first kappa shape index (κ1) is 17.1. The highest BCUT2D eigenvalue weighted by molar-refractivity contribution is 6.07. The van der Waals surface area contributed by atoms with Gasteiger partial charge in [-0.3, -0.25) is 4.79 Å². The normalized spacial score (nSPS) is 12.7. The molecule has 0 aliphatic carbocycles. The Labute approximate surface area is 157 Å². The van der Waals surface area contributed by atoms with Gasteiger partial charge >= 0.3 is 0 Å². The highest BCUT2D eigenvalue weighted by Crippen LogP contribution is 2.34. The van der Waals surface area contributed by atoms with E-state index in [1.54, 1.807) is 24.4 Å². The third-order valence-corrected chi connectivity index (χ3v) is 4.66. The summed E-state index contributed by atoms with van der Waals surface area (Å²) in [6.45, 7) is 6.94. The summed E-state index contributed by atoms with van der Waals surface area (Å²) in [6, 6.07) is 11.5. The Balaban J connectivity index is 1.64. The fraction of sp³-hybridized carbons (Fsp3) is 0.238. The molecule has 2 heterocycles. The van der Waals surface area contributed by atoms with Crippen LogP contribution in [0.5, 0.6) is 11.5 Å². The molecule has 3 aromatic rings. The van der Waals surface area contributed by atoms with Crippen molar-refractivity contribution in [2.45, 2.75) is 20.8 Å². The Hall–Kier alpha value is -3.28. The molecule has 0 fully saturated rings. The fourth-order valence-electron chi connectivity index (χ4n) is 3.16. The Morgan fingerprint density at radius 1 is 1.11 bits per heavy atom. The van der Waals surface area contributed by atoms with Crippen molar-refractivity contribution in [2.75, 3.05) is 18.5 Å². The molecule has 0 spiro atoms. The van der Waals surface area contributed by atoms with E-state index in [0.717, 1.165) is 22.5 Å². The largest absolute Gasteiger partial charge is 0.486 e. The fourth-order valence-corrected chi connectivity index (χ4v) is 3.16. The predicted molar refractivity (Wildman–Crippen MR) is 103 cm³/mol. The van der Waals surface area contributed by atoms with E-state index in [-0.39, 0.29) is 5.91 Å². The number of nitrogens with one attached hydrogen (secondary N) is 1. The van der Waals surface area contributed by atoms with Crippen LogP contribution in [0, 0.1) is 20.8 Å². The minimum absolute atomic E-state index is 0.249. The summed E-state index contributed by atoms with van der Waals surface area (Å²) in [4.78, 5) is 12.8. The van der Waals surface area contributed by atoms with E-state index in [9.17, 15) is 4.79 Å². The number of amides is 1. The molecule has 0 saturated heterocycles. The quantitative estimate of drug-likeness (QED) is 0.768. The van der Waals surface area contributed by atoms with Crippen molar-refractivity contribution in [3.05, 3.63) is 65.0 Å². The van der Waals surface area contributed by atoms with Gasteiger partial charge in [-0.05, 0) is 50.1 Å². The molecular weight excluding hydrogens is 342 g/mol. The summed E-state index contributed by atoms with van der Waals surface area (Å²) in [6.07, 6.45) is 1.67. The van der Waals surface area contributed by atoms with E-state index >= 15 is 0 Å². The van der Waals surface area contributed by atoms with Crippen molar-refractivity contribution < 1.29 is 14.3 Å². The zero-order valence-corrected chi connectivity index (χ0v) is 15.6. The summed E-state index contributed by atoms with van der Waals surface area (Å²) in [7, 11) is 0. The van der Waals surface area contributed by atoms with Crippen molar-refractivity contribution in [2.24, 2.45) is 0 Å². The van der Waals surface area contributed by atoms with Crippen LogP contribution in [-0.4, -0.2) is 28.9 Å². The molecule has 0 radical (unpaired) electrons. The SMILES string of the molecule is Cc1ccc(C)c(-n2ncc(NC(=O)c3cccc4c3OCCO4)c2C)c1. The number of anilines is 1. The van der Waals surface area contributed by atoms with Gasteiger partial charge in [0.2, 0.25) is 0 Å². The third-order valence-electron chi connectivity index (χ3n) is 4.66. The minimum Gasteiger partial charge on any atom is -0.486 e. The number of rotatable bonds is 3. The molecule has 2 aromatic carbocycles. The first-order valence-electron chi connectivity index (χ1n) is 8.87. The van der Waals surface area contributed by atoms with Crippen molar-refractivity contribution >= 4 is 11.6 Å². The average Bonchev–Trinajstić information content (AvgIpc) is 3.03. The van der Waals surface area contributed by atoms with Crippen molar-refractivity contribution in [3.63, 3.8) is 0 Å². The van der Waals surface area contributed by atoms with Gasteiger partial charge in [0.15, 0.2) is 11.5 Å². The highest BCUT2D eigenvalue weighted by Gasteiger charge is 2.21. The number of aromatic nitrogens is 2. The Bertz CT molecular complexity index is 1020. The van der Waals surface area contributed by atoms with E-state index in [1.807, 2.05) is 25.5 Å². The zero-order valence-electron chi connectivity index (χ0n) is 15.6. The van der Waals surface area contributed by atoms with E-state index in [0.29, 0.717) is 36.0 Å². The van der Waals surface area contributed by atoms with Gasteiger partial charge in [0, 0.05) is 0 Å². The molecule has 1 amide bonds. The first-order chi connectivity index (χ1) is 13.0. The molecule has 6 nitrogen and oxygen atoms in total. The van der Waals surface area contributed by atoms with Crippen LogP contribution in [0.25, 0.3) is 5.69 Å². The molecule has 6 heteroatoms. The average molecular weight is 363 g/mol. The predicted octanol–water partition coefficient (Wildman–Crippen LogP) is 3.82. The molecule has 1 aliphatic rings. The van der Waals surface area contributed by atoms with Crippen LogP contribution in [0.4, 0.5) is 5.69 Å². The number of benzene rings is 2. The number of fused-ring (bicyclic) bond motifs is 1. The number of para-hydroxylation sites is 1. The highest BCUT2D eigenvalue weighted by atomic mass is 16.6. The number of carbonyl (C=O) groups is 1. The topological polar surface area (TPSA) is 65.4 Å². The smallest absolute Gasteiger partial charge is 0.259 e. The van der Waals surface area contributed by atoms with Crippen LogP contribution in [0.15, 0.2) is 42.6 Å². The standard InChI is InChI=1S/C21H21N3O3/c1-13-7-8-14(2)18(11-13)24-15(3)17(12-22-24)23-21(25)16-5-4-6-19-20(16)27-10-9-26-19/h4-8,11-12H,9-10H2,1-3H3,(H,23,25). The van der Waals surface area contributed by atoms with Gasteiger partial charge in [0.25, 0.3) is 5.91 Å². The number of aryl methyl sites for hydroxylation is 2. The monoisotopic (exact) mass is 363 g/mol. The lowest BCUT2D eigenvalue weighted by molar-refractivity contribution is 0.101. The number of hydrogen-bond acceptors (Lipinski definition) is 4. The Kier molecular flexibility index (Phi) is 4.32. The molecule has 0 atom stereocenters. The Morgan fingerprint density at radius 2 is 1.93 bits per heavy atom. The third kappa shape index (κ3) is 3.14. The van der Waals surface area contributed by atoms with Gasteiger partial charge in [0.05, 0.1) is 28.8 Å². The molecule has 1 N–H and O–H groups in total. The molecule has 0 unspecified atom stereocenters. The van der Waals surface area contributed by atoms with Gasteiger partial charge < -0.3 is 14.8 Å². The molecule has 138 valence electrons. The zero-order chi connectivity index (χ0) is 19.0. The van der Waals surface area contributed by atoms with E-state index in [4.69, 9.17) is 9.47 Å². The van der Waals surface area contributed by atoms with Crippen LogP contribution in [0.3, 0.4) is 0 Å². The van der Waals surface area contributed by atoms with Crippen LogP contribution >= 0.6 is 0 Å². The lowest BCUT2D eigenvalue weighted by atomic mass is 10.1. The van der Waals surface area contributed by atoms with Crippen LogP contribution < -0.4 is 14.8 Å². The lowest BCUT2D eigenvalue weighted by Crippen LogP contribution is -2.20. The number of nitrogens with zero attached hydrogens (tertiary/aromatic N) is 2. The lowest BCUT2D eigenvalue weighted by Gasteiger charge is -2.20. The second-order valence-corrected chi connectivity index (χ2v) is 6.63. The molecule has 4 rings (SSSR count). The van der Waals surface area contributed by atoms with Crippen LogP contribution in [0.2, 0.25) is 0 Å². The van der Waals surface area contributed by atoms with E-state index < -0.39 is 0 Å². The van der Waals surface area contributed by atoms with Crippen molar-refractivity contribution in [3.8, 4) is 17.2 Å². The van der Waals surface area contributed by atoms with Gasteiger partial charge in [0.1, 0.15) is 13.2 Å². The second kappa shape index (κ2) is 6.79.